The van der Waals surface area contributed by atoms with Gasteiger partial charge in [0.25, 0.3) is 0 Å². The second-order valence-corrected chi connectivity index (χ2v) is 8.40. The largest absolute Gasteiger partial charge is 0.460 e. The van der Waals surface area contributed by atoms with E-state index in [1.165, 1.54) is 32.3 Å². The van der Waals surface area contributed by atoms with E-state index >= 15 is 0 Å². The molecule has 0 spiro atoms. The molecule has 0 bridgehead atoms. The molecule has 5 nitrogen and oxygen atoms in total. The lowest BCUT2D eigenvalue weighted by molar-refractivity contribution is 0.00570. The van der Waals surface area contributed by atoms with E-state index in [4.69, 9.17) is 18.9 Å². The topological polar surface area (TPSA) is 54.0 Å². The number of benzene rings is 5. The summed E-state index contributed by atoms with van der Waals surface area (Å²) < 4.78 is 21.1. The van der Waals surface area contributed by atoms with Crippen molar-refractivity contribution in [3.05, 3.63) is 84.4 Å². The number of carbonyl (C=O) groups is 1. The first-order valence-corrected chi connectivity index (χ1v) is 11.8. The van der Waals surface area contributed by atoms with Gasteiger partial charge in [-0.2, -0.15) is 0 Å². The van der Waals surface area contributed by atoms with Gasteiger partial charge >= 0.3 is 5.97 Å². The first-order valence-electron chi connectivity index (χ1n) is 11.8. The van der Waals surface area contributed by atoms with E-state index in [1.807, 2.05) is 18.2 Å². The Kier molecular flexibility index (Phi) is 7.19. The molecule has 35 heavy (non-hydrogen) atoms. The summed E-state index contributed by atoms with van der Waals surface area (Å²) in [7, 11) is 1.63. The third-order valence-corrected chi connectivity index (χ3v) is 6.20. The fourth-order valence-electron chi connectivity index (χ4n) is 4.54. The van der Waals surface area contributed by atoms with Crippen molar-refractivity contribution in [3.63, 3.8) is 0 Å². The minimum atomic E-state index is -0.357. The van der Waals surface area contributed by atoms with Crippen LogP contribution in [0.15, 0.2) is 78.9 Å². The van der Waals surface area contributed by atoms with Crippen LogP contribution in [0.5, 0.6) is 0 Å². The van der Waals surface area contributed by atoms with Crippen molar-refractivity contribution in [2.45, 2.75) is 0 Å². The van der Waals surface area contributed by atoms with Crippen LogP contribution in [-0.2, 0) is 18.9 Å². The van der Waals surface area contributed by atoms with Gasteiger partial charge in [-0.05, 0) is 55.6 Å². The van der Waals surface area contributed by atoms with Crippen molar-refractivity contribution in [1.29, 1.82) is 0 Å². The van der Waals surface area contributed by atoms with Crippen LogP contribution in [0, 0.1) is 0 Å². The third kappa shape index (κ3) is 4.98. The maximum atomic E-state index is 12.7. The number of hydrogen-bond acceptors (Lipinski definition) is 5. The average Bonchev–Trinajstić information content (AvgIpc) is 2.90. The highest BCUT2D eigenvalue weighted by Crippen LogP contribution is 2.39. The number of esters is 1. The number of methoxy groups -OCH3 is 1. The minimum absolute atomic E-state index is 0.194. The predicted octanol–water partition coefficient (Wildman–Crippen LogP) is 6.09. The Morgan fingerprint density at radius 2 is 1.29 bits per heavy atom. The van der Waals surface area contributed by atoms with E-state index in [9.17, 15) is 4.79 Å². The predicted molar refractivity (Wildman–Crippen MR) is 139 cm³/mol. The molecule has 0 heterocycles. The molecule has 178 valence electrons. The third-order valence-electron chi connectivity index (χ3n) is 6.20. The summed E-state index contributed by atoms with van der Waals surface area (Å²) in [5, 5.41) is 7.40. The van der Waals surface area contributed by atoms with Gasteiger partial charge in [-0.3, -0.25) is 0 Å². The second-order valence-electron chi connectivity index (χ2n) is 8.40. The maximum absolute atomic E-state index is 12.7. The van der Waals surface area contributed by atoms with Crippen molar-refractivity contribution in [3.8, 4) is 11.1 Å². The van der Waals surface area contributed by atoms with Crippen molar-refractivity contribution < 1.29 is 23.7 Å². The smallest absolute Gasteiger partial charge is 0.338 e. The number of carbonyl (C=O) groups excluding carboxylic acids is 1. The molecule has 0 aliphatic heterocycles. The minimum Gasteiger partial charge on any atom is -0.460 e. The molecular formula is C30H28O5. The quantitative estimate of drug-likeness (QED) is 0.133. The number of ether oxygens (including phenoxy) is 4. The molecule has 0 fully saturated rings. The molecular weight excluding hydrogens is 440 g/mol. The molecule has 5 rings (SSSR count). The van der Waals surface area contributed by atoms with Gasteiger partial charge in [0.2, 0.25) is 0 Å². The van der Waals surface area contributed by atoms with Gasteiger partial charge in [0.15, 0.2) is 0 Å². The summed E-state index contributed by atoms with van der Waals surface area (Å²) in [6.45, 7) is 2.56. The molecule has 0 saturated carbocycles. The average molecular weight is 469 g/mol. The van der Waals surface area contributed by atoms with Gasteiger partial charge in [0.1, 0.15) is 6.61 Å². The van der Waals surface area contributed by atoms with E-state index < -0.39 is 0 Å². The highest BCUT2D eigenvalue weighted by atomic mass is 16.6. The van der Waals surface area contributed by atoms with Gasteiger partial charge in [-0.15, -0.1) is 0 Å². The van der Waals surface area contributed by atoms with E-state index in [-0.39, 0.29) is 12.6 Å². The monoisotopic (exact) mass is 468 g/mol. The maximum Gasteiger partial charge on any atom is 0.338 e. The molecule has 5 aromatic carbocycles. The second kappa shape index (κ2) is 10.8. The normalized spacial score (nSPS) is 11.6. The SMILES string of the molecule is COCCOCCOCCOC(=O)c1cccc(-c2ccc3ccc4cccc5ccc2c3c45)c1. The number of rotatable bonds is 11. The molecule has 0 radical (unpaired) electrons. The lowest BCUT2D eigenvalue weighted by Crippen LogP contribution is -2.13. The Morgan fingerprint density at radius 3 is 2.06 bits per heavy atom. The zero-order valence-corrected chi connectivity index (χ0v) is 19.8. The molecule has 0 atom stereocenters. The van der Waals surface area contributed by atoms with Gasteiger partial charge in [-0.1, -0.05) is 66.7 Å². The molecule has 0 N–H and O–H groups in total. The van der Waals surface area contributed by atoms with Crippen LogP contribution in [0.3, 0.4) is 0 Å². The molecule has 0 aliphatic carbocycles. The standard InChI is InChI=1S/C30H28O5/c1-32-14-15-33-16-17-34-18-19-35-30(31)25-7-3-6-24(20-25)26-12-10-23-9-8-21-4-2-5-22-11-13-27(26)29(23)28(21)22/h2-13,20H,14-19H2,1H3. The summed E-state index contributed by atoms with van der Waals surface area (Å²) >= 11 is 0. The highest BCUT2D eigenvalue weighted by Gasteiger charge is 2.14. The Balaban J connectivity index is 1.30. The van der Waals surface area contributed by atoms with Crippen LogP contribution in [0.1, 0.15) is 10.4 Å². The van der Waals surface area contributed by atoms with E-state index in [1.54, 1.807) is 13.2 Å². The van der Waals surface area contributed by atoms with Gasteiger partial charge in [0.05, 0.1) is 38.6 Å². The van der Waals surface area contributed by atoms with E-state index in [0.717, 1.165) is 11.1 Å². The lowest BCUT2D eigenvalue weighted by atomic mass is 9.89. The van der Waals surface area contributed by atoms with Gasteiger partial charge in [0, 0.05) is 7.11 Å². The first-order chi connectivity index (χ1) is 17.3. The van der Waals surface area contributed by atoms with E-state index in [0.29, 0.717) is 38.6 Å². The fraction of sp³-hybridized carbons (Fsp3) is 0.233. The zero-order valence-electron chi connectivity index (χ0n) is 19.8. The van der Waals surface area contributed by atoms with Gasteiger partial charge < -0.3 is 18.9 Å². The van der Waals surface area contributed by atoms with Crippen LogP contribution in [0.2, 0.25) is 0 Å². The van der Waals surface area contributed by atoms with Crippen molar-refractivity contribution in [1.82, 2.24) is 0 Å². The summed E-state index contributed by atoms with van der Waals surface area (Å²) in [4.78, 5) is 12.7. The summed E-state index contributed by atoms with van der Waals surface area (Å²) in [5.74, 6) is -0.357. The Labute approximate surface area is 204 Å². The number of hydrogen-bond donors (Lipinski definition) is 0. The highest BCUT2D eigenvalue weighted by molar-refractivity contribution is 6.25. The summed E-state index contributed by atoms with van der Waals surface area (Å²) in [5.41, 5.74) is 2.61. The van der Waals surface area contributed by atoms with Crippen molar-refractivity contribution >= 4 is 38.3 Å². The molecule has 0 amide bonds. The van der Waals surface area contributed by atoms with Crippen molar-refractivity contribution in [2.75, 3.05) is 46.8 Å². The summed E-state index contributed by atoms with van der Waals surface area (Å²) in [6.07, 6.45) is 0. The lowest BCUT2D eigenvalue weighted by Gasteiger charge is -2.14. The molecule has 0 aromatic heterocycles. The van der Waals surface area contributed by atoms with Crippen molar-refractivity contribution in [2.24, 2.45) is 0 Å². The van der Waals surface area contributed by atoms with Crippen LogP contribution in [0.4, 0.5) is 0 Å². The van der Waals surface area contributed by atoms with Gasteiger partial charge in [-0.25, -0.2) is 4.79 Å². The Bertz CT molecular complexity index is 1430. The summed E-state index contributed by atoms with van der Waals surface area (Å²) in [6, 6.07) is 27.0. The molecule has 5 aromatic rings. The Morgan fingerprint density at radius 1 is 0.657 bits per heavy atom. The van der Waals surface area contributed by atoms with Crippen LogP contribution in [0.25, 0.3) is 43.4 Å². The molecule has 0 unspecified atom stereocenters. The van der Waals surface area contributed by atoms with Crippen LogP contribution < -0.4 is 0 Å². The molecule has 0 aliphatic rings. The Hall–Kier alpha value is -3.51. The fourth-order valence-corrected chi connectivity index (χ4v) is 4.54. The van der Waals surface area contributed by atoms with Crippen LogP contribution >= 0.6 is 0 Å². The molecule has 5 heteroatoms. The molecule has 0 saturated heterocycles. The first kappa shape index (κ1) is 23.2. The van der Waals surface area contributed by atoms with E-state index in [2.05, 4.69) is 54.6 Å². The zero-order chi connectivity index (χ0) is 24.0. The van der Waals surface area contributed by atoms with Crippen LogP contribution in [-0.4, -0.2) is 52.7 Å².